The molecule has 1 aliphatic carbocycles. The zero-order valence-electron chi connectivity index (χ0n) is 14.1. The second-order valence-electron chi connectivity index (χ2n) is 6.69. The maximum absolute atomic E-state index is 12.2. The van der Waals surface area contributed by atoms with Crippen molar-refractivity contribution in [2.45, 2.75) is 42.0 Å². The Balaban J connectivity index is 1.45. The van der Waals surface area contributed by atoms with Gasteiger partial charge in [0.05, 0.1) is 23.7 Å². The first kappa shape index (κ1) is 19.5. The number of hydrogen-bond acceptors (Lipinski definition) is 6. The van der Waals surface area contributed by atoms with Crippen LogP contribution < -0.4 is 4.72 Å². The monoisotopic (exact) mass is 408 g/mol. The van der Waals surface area contributed by atoms with Crippen LogP contribution in [0.5, 0.6) is 0 Å². The highest BCUT2D eigenvalue weighted by atomic mass is 35.5. The fourth-order valence-corrected chi connectivity index (χ4v) is 6.25. The normalized spacial score (nSPS) is 27.3. The smallest absolute Gasteiger partial charge is 0.250 e. The Morgan fingerprint density at radius 3 is 2.56 bits per heavy atom. The van der Waals surface area contributed by atoms with Gasteiger partial charge in [-0.2, -0.15) is 0 Å². The zero-order valence-corrected chi connectivity index (χ0v) is 16.5. The van der Waals surface area contributed by atoms with Crippen LogP contribution in [0.4, 0.5) is 0 Å². The molecule has 6 nitrogen and oxygen atoms in total. The zero-order chi connectivity index (χ0) is 17.9. The number of ether oxygens (including phenoxy) is 1. The summed E-state index contributed by atoms with van der Waals surface area (Å²) in [6.07, 6.45) is 3.30. The molecule has 0 amide bonds. The van der Waals surface area contributed by atoms with Crippen molar-refractivity contribution in [3.05, 3.63) is 16.5 Å². The van der Waals surface area contributed by atoms with E-state index in [0.29, 0.717) is 10.4 Å². The van der Waals surface area contributed by atoms with Gasteiger partial charge in [-0.05, 0) is 43.7 Å². The number of halogens is 1. The lowest BCUT2D eigenvalue weighted by Crippen LogP contribution is -2.46. The number of thiophene rings is 1. The predicted molar refractivity (Wildman–Crippen MR) is 98.7 cm³/mol. The number of hydrogen-bond donors (Lipinski definition) is 2. The van der Waals surface area contributed by atoms with Crippen molar-refractivity contribution in [3.63, 3.8) is 0 Å². The molecule has 1 aliphatic heterocycles. The molecule has 0 bridgehead atoms. The SMILES string of the molecule is O=S(=O)(NC[C@H](O)C1CCC(N2CCOCC2)CC1)c1ccc(Cl)s1. The van der Waals surface area contributed by atoms with Crippen molar-refractivity contribution in [1.29, 1.82) is 0 Å². The molecule has 0 aromatic carbocycles. The number of nitrogens with zero attached hydrogens (tertiary/aromatic N) is 1. The van der Waals surface area contributed by atoms with Gasteiger partial charge in [0, 0.05) is 25.7 Å². The van der Waals surface area contributed by atoms with Crippen molar-refractivity contribution in [3.8, 4) is 0 Å². The van der Waals surface area contributed by atoms with E-state index in [0.717, 1.165) is 63.3 Å². The first-order chi connectivity index (χ1) is 12.0. The molecule has 9 heteroatoms. The van der Waals surface area contributed by atoms with E-state index >= 15 is 0 Å². The molecule has 1 atom stereocenters. The van der Waals surface area contributed by atoms with E-state index in [2.05, 4.69) is 9.62 Å². The van der Waals surface area contributed by atoms with Gasteiger partial charge in [-0.3, -0.25) is 4.90 Å². The van der Waals surface area contributed by atoms with Crippen LogP contribution in [0, 0.1) is 5.92 Å². The number of aliphatic hydroxyl groups is 1. The molecular formula is C16H25ClN2O4S2. The Hall–Kier alpha value is -0.220. The number of sulfonamides is 1. The summed E-state index contributed by atoms with van der Waals surface area (Å²) in [6, 6.07) is 3.61. The highest BCUT2D eigenvalue weighted by molar-refractivity contribution is 7.91. The summed E-state index contributed by atoms with van der Waals surface area (Å²) in [5.74, 6) is 0.145. The van der Waals surface area contributed by atoms with E-state index in [-0.39, 0.29) is 16.7 Å². The van der Waals surface area contributed by atoms with Crippen molar-refractivity contribution < 1.29 is 18.3 Å². The summed E-state index contributed by atoms with van der Waals surface area (Å²) in [5.41, 5.74) is 0. The molecule has 0 radical (unpaired) electrons. The predicted octanol–water partition coefficient (Wildman–Crippen LogP) is 1.93. The van der Waals surface area contributed by atoms with Gasteiger partial charge < -0.3 is 9.84 Å². The van der Waals surface area contributed by atoms with Gasteiger partial charge in [0.25, 0.3) is 0 Å². The fraction of sp³-hybridized carbons (Fsp3) is 0.750. The van der Waals surface area contributed by atoms with Crippen LogP contribution >= 0.6 is 22.9 Å². The van der Waals surface area contributed by atoms with Gasteiger partial charge in [0.1, 0.15) is 4.21 Å². The quantitative estimate of drug-likeness (QED) is 0.751. The summed E-state index contributed by atoms with van der Waals surface area (Å²) in [6.45, 7) is 3.63. The summed E-state index contributed by atoms with van der Waals surface area (Å²) in [7, 11) is -3.60. The minimum Gasteiger partial charge on any atom is -0.391 e. The van der Waals surface area contributed by atoms with Gasteiger partial charge in [-0.25, -0.2) is 13.1 Å². The van der Waals surface area contributed by atoms with E-state index in [4.69, 9.17) is 16.3 Å². The van der Waals surface area contributed by atoms with Crippen LogP contribution in [0.3, 0.4) is 0 Å². The third-order valence-corrected chi connectivity index (χ3v) is 8.29. The van der Waals surface area contributed by atoms with Gasteiger partial charge in [0.15, 0.2) is 0 Å². The van der Waals surface area contributed by atoms with E-state index < -0.39 is 16.1 Å². The Morgan fingerprint density at radius 2 is 1.96 bits per heavy atom. The topological polar surface area (TPSA) is 78.9 Å². The average molecular weight is 409 g/mol. The maximum Gasteiger partial charge on any atom is 0.250 e. The van der Waals surface area contributed by atoms with Crippen molar-refractivity contribution >= 4 is 33.0 Å². The van der Waals surface area contributed by atoms with Crippen molar-refractivity contribution in [2.75, 3.05) is 32.8 Å². The standard InChI is InChI=1S/C16H25ClN2O4S2/c17-15-5-6-16(24-15)25(21,22)18-11-14(20)12-1-3-13(4-2-12)19-7-9-23-10-8-19/h5-6,12-14,18,20H,1-4,7-11H2/t12?,13?,14-/m0/s1. The second kappa shape index (κ2) is 8.65. The largest absolute Gasteiger partial charge is 0.391 e. The van der Waals surface area contributed by atoms with Gasteiger partial charge in [-0.15, -0.1) is 11.3 Å². The van der Waals surface area contributed by atoms with Gasteiger partial charge in [0.2, 0.25) is 10.0 Å². The highest BCUT2D eigenvalue weighted by Crippen LogP contribution is 2.30. The first-order valence-electron chi connectivity index (χ1n) is 8.70. The Kier molecular flexibility index (Phi) is 6.76. The molecule has 2 aliphatic rings. The van der Waals surface area contributed by atoms with E-state index in [1.54, 1.807) is 6.07 Å². The lowest BCUT2D eigenvalue weighted by atomic mass is 9.82. The second-order valence-corrected chi connectivity index (χ2v) is 10.4. The van der Waals surface area contributed by atoms with Crippen LogP contribution in [0.1, 0.15) is 25.7 Å². The number of rotatable bonds is 6. The number of nitrogens with one attached hydrogen (secondary N) is 1. The molecule has 1 saturated carbocycles. The average Bonchev–Trinajstić information content (AvgIpc) is 3.08. The molecule has 2 N–H and O–H groups in total. The molecule has 25 heavy (non-hydrogen) atoms. The Morgan fingerprint density at radius 1 is 1.28 bits per heavy atom. The van der Waals surface area contributed by atoms with Gasteiger partial charge in [-0.1, -0.05) is 11.6 Å². The molecule has 3 rings (SSSR count). The number of aliphatic hydroxyl groups excluding tert-OH is 1. The minimum atomic E-state index is -3.60. The molecule has 2 fully saturated rings. The fourth-order valence-electron chi connectivity index (χ4n) is 3.67. The minimum absolute atomic E-state index is 0.0464. The molecule has 0 unspecified atom stereocenters. The van der Waals surface area contributed by atoms with Crippen LogP contribution in [-0.4, -0.2) is 63.4 Å². The number of morpholine rings is 1. The third-order valence-electron chi connectivity index (χ3n) is 5.14. The summed E-state index contributed by atoms with van der Waals surface area (Å²) in [4.78, 5) is 2.48. The highest BCUT2D eigenvalue weighted by Gasteiger charge is 2.30. The lowest BCUT2D eigenvalue weighted by molar-refractivity contribution is -0.00412. The molecule has 1 saturated heterocycles. The van der Waals surface area contributed by atoms with E-state index in [1.165, 1.54) is 6.07 Å². The van der Waals surface area contributed by atoms with Crippen LogP contribution in [0.2, 0.25) is 4.34 Å². The Bertz CT molecular complexity index is 653. The lowest BCUT2D eigenvalue weighted by Gasteiger charge is -2.39. The van der Waals surface area contributed by atoms with Crippen LogP contribution in [0.25, 0.3) is 0 Å². The molecule has 1 aromatic heterocycles. The molecule has 142 valence electrons. The summed E-state index contributed by atoms with van der Waals surface area (Å²) >= 11 is 6.81. The van der Waals surface area contributed by atoms with Crippen LogP contribution in [-0.2, 0) is 14.8 Å². The molecular weight excluding hydrogens is 384 g/mol. The molecule has 2 heterocycles. The third kappa shape index (κ3) is 5.15. The molecule has 1 aromatic rings. The van der Waals surface area contributed by atoms with Crippen molar-refractivity contribution in [2.24, 2.45) is 5.92 Å². The van der Waals surface area contributed by atoms with Crippen LogP contribution in [0.15, 0.2) is 16.3 Å². The van der Waals surface area contributed by atoms with E-state index in [9.17, 15) is 13.5 Å². The maximum atomic E-state index is 12.2. The van der Waals surface area contributed by atoms with Gasteiger partial charge >= 0.3 is 0 Å². The Labute approximate surface area is 158 Å². The van der Waals surface area contributed by atoms with Crippen molar-refractivity contribution in [1.82, 2.24) is 9.62 Å². The molecule has 0 spiro atoms. The summed E-state index contributed by atoms with van der Waals surface area (Å²) in [5, 5.41) is 10.4. The first-order valence-corrected chi connectivity index (χ1v) is 11.4. The summed E-state index contributed by atoms with van der Waals surface area (Å²) < 4.78 is 32.9. The van der Waals surface area contributed by atoms with E-state index in [1.807, 2.05) is 0 Å².